The monoisotopic (exact) mass is 307 g/mol. The Morgan fingerprint density at radius 2 is 2.05 bits per heavy atom. The molecule has 1 saturated carbocycles. The quantitative estimate of drug-likeness (QED) is 0.810. The lowest BCUT2D eigenvalue weighted by atomic mass is 9.63. The van der Waals surface area contributed by atoms with E-state index in [2.05, 4.69) is 0 Å². The van der Waals surface area contributed by atoms with Crippen LogP contribution in [-0.4, -0.2) is 47.1 Å². The number of carbonyl (C=O) groups excluding carboxylic acids is 1. The summed E-state index contributed by atoms with van der Waals surface area (Å²) in [4.78, 5) is 13.4. The van der Waals surface area contributed by atoms with Gasteiger partial charge in [-0.25, -0.2) is 4.79 Å². The van der Waals surface area contributed by atoms with Crippen molar-refractivity contribution < 1.29 is 27.8 Å². The molecule has 2 saturated heterocycles. The van der Waals surface area contributed by atoms with Gasteiger partial charge in [0.05, 0.1) is 6.04 Å². The largest absolute Gasteiger partial charge is 0.447 e. The number of piperidine rings is 1. The van der Waals surface area contributed by atoms with Crippen LogP contribution in [0.2, 0.25) is 0 Å². The van der Waals surface area contributed by atoms with Crippen LogP contribution in [0.1, 0.15) is 32.6 Å². The Morgan fingerprint density at radius 1 is 1.33 bits per heavy atom. The van der Waals surface area contributed by atoms with Gasteiger partial charge in [0.1, 0.15) is 6.61 Å². The van der Waals surface area contributed by atoms with E-state index in [0.29, 0.717) is 19.3 Å². The average Bonchev–Trinajstić information content (AvgIpc) is 2.78. The van der Waals surface area contributed by atoms with E-state index in [-0.39, 0.29) is 36.6 Å². The van der Waals surface area contributed by atoms with Gasteiger partial charge < -0.3 is 9.84 Å². The van der Waals surface area contributed by atoms with Gasteiger partial charge in [0.2, 0.25) is 0 Å². The van der Waals surface area contributed by atoms with Crippen LogP contribution >= 0.6 is 0 Å². The van der Waals surface area contributed by atoms with Crippen molar-refractivity contribution in [2.24, 2.45) is 17.8 Å². The van der Waals surface area contributed by atoms with Crippen LogP contribution in [0.3, 0.4) is 0 Å². The number of hydrogen-bond donors (Lipinski definition) is 1. The van der Waals surface area contributed by atoms with Crippen molar-refractivity contribution in [3.8, 4) is 0 Å². The average molecular weight is 307 g/mol. The molecular weight excluding hydrogens is 287 g/mol. The van der Waals surface area contributed by atoms with Crippen molar-refractivity contribution in [2.45, 2.75) is 57.0 Å². The summed E-state index contributed by atoms with van der Waals surface area (Å²) in [7, 11) is 0. The van der Waals surface area contributed by atoms with Gasteiger partial charge in [0.25, 0.3) is 0 Å². The van der Waals surface area contributed by atoms with Crippen molar-refractivity contribution in [1.29, 1.82) is 0 Å². The minimum atomic E-state index is -4.57. The molecule has 4 nitrogen and oxygen atoms in total. The molecule has 7 heteroatoms. The van der Waals surface area contributed by atoms with Gasteiger partial charge in [0.15, 0.2) is 6.10 Å². The van der Waals surface area contributed by atoms with Crippen LogP contribution < -0.4 is 0 Å². The zero-order chi connectivity index (χ0) is 15.4. The van der Waals surface area contributed by atoms with Crippen molar-refractivity contribution >= 4 is 6.09 Å². The smallest absolute Gasteiger partial charge is 0.414 e. The third-order valence-electron chi connectivity index (χ3n) is 5.52. The Labute approximate surface area is 121 Å². The van der Waals surface area contributed by atoms with Crippen molar-refractivity contribution in [1.82, 2.24) is 4.90 Å². The Kier molecular flexibility index (Phi) is 3.58. The molecule has 3 fully saturated rings. The second-order valence-corrected chi connectivity index (χ2v) is 6.52. The third-order valence-corrected chi connectivity index (χ3v) is 5.52. The SMILES string of the molecule is C[C@H]1[C@@H]2CCC[C@H](C(O)C(F)(F)F)[C@H]2C[C@@H]2COC(=O)N21. The Morgan fingerprint density at radius 3 is 2.71 bits per heavy atom. The topological polar surface area (TPSA) is 49.8 Å². The van der Waals surface area contributed by atoms with E-state index in [0.717, 1.165) is 6.42 Å². The van der Waals surface area contributed by atoms with Crippen LogP contribution in [0.25, 0.3) is 0 Å². The number of cyclic esters (lactones) is 1. The summed E-state index contributed by atoms with van der Waals surface area (Å²) in [5.74, 6) is -0.937. The van der Waals surface area contributed by atoms with E-state index in [1.807, 2.05) is 6.92 Å². The highest BCUT2D eigenvalue weighted by atomic mass is 19.4. The number of rotatable bonds is 1. The highest BCUT2D eigenvalue weighted by Crippen LogP contribution is 2.49. The molecule has 1 aliphatic carbocycles. The molecule has 3 rings (SSSR count). The van der Waals surface area contributed by atoms with Crippen molar-refractivity contribution in [2.75, 3.05) is 6.61 Å². The third kappa shape index (κ3) is 2.39. The van der Waals surface area contributed by atoms with E-state index in [4.69, 9.17) is 4.74 Å². The standard InChI is InChI=1S/C14H20F3NO3/c1-7-9-3-2-4-10(12(19)14(15,16)17)11(9)5-8-6-21-13(20)18(7)8/h7-12,19H,2-6H2,1H3/t7-,8+,9-,10-,11-,12?/m0/s1. The number of nitrogens with zero attached hydrogens (tertiary/aromatic N) is 1. The lowest BCUT2D eigenvalue weighted by molar-refractivity contribution is -0.233. The number of aliphatic hydroxyl groups excluding tert-OH is 1. The van der Waals surface area contributed by atoms with Gasteiger partial charge in [0, 0.05) is 6.04 Å². The summed E-state index contributed by atoms with van der Waals surface area (Å²) in [5.41, 5.74) is 0. The molecule has 0 bridgehead atoms. The number of carbonyl (C=O) groups is 1. The Bertz CT molecular complexity index is 428. The lowest BCUT2D eigenvalue weighted by Gasteiger charge is -2.50. The summed E-state index contributed by atoms with van der Waals surface area (Å²) >= 11 is 0. The molecule has 0 spiro atoms. The number of ether oxygens (including phenoxy) is 1. The molecule has 120 valence electrons. The predicted molar refractivity (Wildman–Crippen MR) is 67.4 cm³/mol. The molecule has 1 unspecified atom stereocenters. The Hall–Kier alpha value is -0.980. The zero-order valence-corrected chi connectivity index (χ0v) is 11.8. The molecule has 3 aliphatic rings. The minimum absolute atomic E-state index is 0.0163. The maximum atomic E-state index is 12.9. The van der Waals surface area contributed by atoms with E-state index >= 15 is 0 Å². The molecule has 2 heterocycles. The summed E-state index contributed by atoms with van der Waals surface area (Å²) in [6.45, 7) is 2.14. The van der Waals surface area contributed by atoms with Crippen LogP contribution in [0, 0.1) is 17.8 Å². The molecule has 0 radical (unpaired) electrons. The van der Waals surface area contributed by atoms with Crippen LogP contribution in [-0.2, 0) is 4.74 Å². The number of fused-ring (bicyclic) bond motifs is 2. The fourth-order valence-electron chi connectivity index (χ4n) is 4.59. The van der Waals surface area contributed by atoms with Gasteiger partial charge in [-0.2, -0.15) is 13.2 Å². The summed E-state index contributed by atoms with van der Waals surface area (Å²) in [6.07, 6.45) is -4.82. The molecular formula is C14H20F3NO3. The van der Waals surface area contributed by atoms with Crippen LogP contribution in [0.15, 0.2) is 0 Å². The molecule has 21 heavy (non-hydrogen) atoms. The van der Waals surface area contributed by atoms with Crippen molar-refractivity contribution in [3.05, 3.63) is 0 Å². The molecule has 1 N–H and O–H groups in total. The Balaban J connectivity index is 1.83. The number of amides is 1. The maximum Gasteiger partial charge on any atom is 0.414 e. The molecule has 0 aromatic heterocycles. The van der Waals surface area contributed by atoms with Gasteiger partial charge in [-0.15, -0.1) is 0 Å². The highest BCUT2D eigenvalue weighted by Gasteiger charge is 2.55. The first-order valence-electron chi connectivity index (χ1n) is 7.50. The fraction of sp³-hybridized carbons (Fsp3) is 0.929. The zero-order valence-electron chi connectivity index (χ0n) is 11.8. The molecule has 0 aromatic rings. The first kappa shape index (κ1) is 14.9. The number of hydrogen-bond acceptors (Lipinski definition) is 3. The van der Waals surface area contributed by atoms with Crippen LogP contribution in [0.4, 0.5) is 18.0 Å². The van der Waals surface area contributed by atoms with Gasteiger partial charge in [-0.1, -0.05) is 6.42 Å². The first-order valence-corrected chi connectivity index (χ1v) is 7.50. The second-order valence-electron chi connectivity index (χ2n) is 6.52. The molecule has 6 atom stereocenters. The van der Waals surface area contributed by atoms with Crippen LogP contribution in [0.5, 0.6) is 0 Å². The van der Waals surface area contributed by atoms with E-state index in [9.17, 15) is 23.1 Å². The molecule has 0 aromatic carbocycles. The lowest BCUT2D eigenvalue weighted by Crippen LogP contribution is -2.57. The normalized spacial score (nSPS) is 41.3. The summed E-state index contributed by atoms with van der Waals surface area (Å²) < 4.78 is 43.7. The summed E-state index contributed by atoms with van der Waals surface area (Å²) in [5, 5.41) is 9.69. The number of alkyl halides is 3. The van der Waals surface area contributed by atoms with Gasteiger partial charge in [-0.05, 0) is 43.9 Å². The predicted octanol–water partition coefficient (Wildman–Crippen LogP) is 2.56. The van der Waals surface area contributed by atoms with Gasteiger partial charge >= 0.3 is 12.3 Å². The highest BCUT2D eigenvalue weighted by molar-refractivity contribution is 5.70. The number of halogens is 3. The minimum Gasteiger partial charge on any atom is -0.447 e. The second kappa shape index (κ2) is 5.04. The fourth-order valence-corrected chi connectivity index (χ4v) is 4.59. The van der Waals surface area contributed by atoms with Gasteiger partial charge in [-0.3, -0.25) is 4.90 Å². The van der Waals surface area contributed by atoms with E-state index in [1.165, 1.54) is 0 Å². The molecule has 2 aliphatic heterocycles. The number of aliphatic hydroxyl groups is 1. The maximum absolute atomic E-state index is 12.9. The van der Waals surface area contributed by atoms with E-state index in [1.54, 1.807) is 4.90 Å². The molecule has 1 amide bonds. The van der Waals surface area contributed by atoms with E-state index < -0.39 is 18.2 Å². The summed E-state index contributed by atoms with van der Waals surface area (Å²) in [6, 6.07) is -0.262. The van der Waals surface area contributed by atoms with Crippen molar-refractivity contribution in [3.63, 3.8) is 0 Å². The first-order chi connectivity index (χ1) is 9.80.